The molecule has 34 heavy (non-hydrogen) atoms. The van der Waals surface area contributed by atoms with Gasteiger partial charge in [0.05, 0.1) is 23.3 Å². The average molecular weight is 474 g/mol. The Labute approximate surface area is 194 Å². The Kier molecular flexibility index (Phi) is 6.58. The number of aromatic nitrogens is 3. The Morgan fingerprint density at radius 2 is 1.94 bits per heavy atom. The number of rotatable bonds is 6. The number of hydrogen-bond acceptors (Lipinski definition) is 5. The van der Waals surface area contributed by atoms with Crippen molar-refractivity contribution in [2.45, 2.75) is 57.9 Å². The number of fused-ring (bicyclic) bond motifs is 1. The predicted molar refractivity (Wildman–Crippen MR) is 120 cm³/mol. The number of halogens is 3. The highest BCUT2D eigenvalue weighted by Gasteiger charge is 2.33. The number of hydrogen-bond donors (Lipinski definition) is 1. The second kappa shape index (κ2) is 9.44. The first-order valence-corrected chi connectivity index (χ1v) is 11.1. The third kappa shape index (κ3) is 5.21. The third-order valence-electron chi connectivity index (χ3n) is 5.81. The van der Waals surface area contributed by atoms with E-state index < -0.39 is 17.8 Å². The van der Waals surface area contributed by atoms with Gasteiger partial charge >= 0.3 is 6.18 Å². The van der Waals surface area contributed by atoms with Crippen molar-refractivity contribution in [3.05, 3.63) is 47.9 Å². The first kappa shape index (κ1) is 23.7. The molecule has 1 amide bonds. The van der Waals surface area contributed by atoms with Crippen molar-refractivity contribution in [1.82, 2.24) is 14.8 Å². The highest BCUT2D eigenvalue weighted by molar-refractivity contribution is 6.05. The van der Waals surface area contributed by atoms with Crippen molar-refractivity contribution in [3.8, 4) is 5.75 Å². The van der Waals surface area contributed by atoms with Gasteiger partial charge in [-0.25, -0.2) is 4.98 Å². The standard InChI is InChI=1S/C24H25F3N4O3/c1-14(2)34-21-11-19-16(12-31(30-19)17-8-6-15(13-32)7-9-17)10-20(21)29-23(33)18-4-3-5-22(28-18)24(25,26)27/h3-5,10-15,17H,6-9H2,1-2H3,(H,29,33). The largest absolute Gasteiger partial charge is 0.489 e. The minimum atomic E-state index is -4.65. The number of alkyl halides is 3. The fraction of sp³-hybridized carbons (Fsp3) is 0.417. The lowest BCUT2D eigenvalue weighted by Gasteiger charge is -2.25. The zero-order valence-electron chi connectivity index (χ0n) is 18.8. The summed E-state index contributed by atoms with van der Waals surface area (Å²) in [5.74, 6) is -0.324. The van der Waals surface area contributed by atoms with Gasteiger partial charge in [-0.3, -0.25) is 9.48 Å². The SMILES string of the molecule is CC(C)Oc1cc2nn(C3CCC(C=O)CC3)cc2cc1NC(=O)c1cccc(C(F)(F)F)n1. The monoisotopic (exact) mass is 474 g/mol. The highest BCUT2D eigenvalue weighted by atomic mass is 19.4. The van der Waals surface area contributed by atoms with Crippen LogP contribution in [-0.4, -0.2) is 33.1 Å². The topological polar surface area (TPSA) is 86.1 Å². The molecule has 0 saturated heterocycles. The summed E-state index contributed by atoms with van der Waals surface area (Å²) in [7, 11) is 0. The van der Waals surface area contributed by atoms with Gasteiger partial charge in [-0.15, -0.1) is 0 Å². The van der Waals surface area contributed by atoms with Crippen molar-refractivity contribution < 1.29 is 27.5 Å². The molecule has 7 nitrogen and oxygen atoms in total. The highest BCUT2D eigenvalue weighted by Crippen LogP contribution is 2.35. The quantitative estimate of drug-likeness (QED) is 0.482. The van der Waals surface area contributed by atoms with E-state index in [0.717, 1.165) is 49.5 Å². The summed E-state index contributed by atoms with van der Waals surface area (Å²) in [5, 5.41) is 8.06. The Morgan fingerprint density at radius 1 is 1.21 bits per heavy atom. The Bertz CT molecular complexity index is 1200. The molecule has 0 unspecified atom stereocenters. The molecular weight excluding hydrogens is 449 g/mol. The number of anilines is 1. The number of aldehydes is 1. The van der Waals surface area contributed by atoms with Crippen LogP contribution in [0, 0.1) is 5.92 Å². The molecular formula is C24H25F3N4O3. The number of pyridine rings is 1. The summed E-state index contributed by atoms with van der Waals surface area (Å²) in [6.45, 7) is 3.66. The fourth-order valence-electron chi connectivity index (χ4n) is 4.12. The van der Waals surface area contributed by atoms with Gasteiger partial charge in [-0.05, 0) is 57.7 Å². The number of ether oxygens (including phenoxy) is 1. The molecule has 0 atom stereocenters. The summed E-state index contributed by atoms with van der Waals surface area (Å²) in [4.78, 5) is 27.2. The molecule has 0 bridgehead atoms. The van der Waals surface area contributed by atoms with Gasteiger partial charge < -0.3 is 14.8 Å². The molecule has 10 heteroatoms. The predicted octanol–water partition coefficient (Wildman–Crippen LogP) is 5.42. The van der Waals surface area contributed by atoms with Crippen molar-refractivity contribution in [2.75, 3.05) is 5.32 Å². The van der Waals surface area contributed by atoms with Gasteiger partial charge in [0.2, 0.25) is 0 Å². The number of amides is 1. The molecule has 180 valence electrons. The Balaban J connectivity index is 1.63. The van der Waals surface area contributed by atoms with E-state index in [9.17, 15) is 22.8 Å². The maximum atomic E-state index is 13.0. The summed E-state index contributed by atoms with van der Waals surface area (Å²) in [5.41, 5.74) is -0.508. The number of nitrogens with one attached hydrogen (secondary N) is 1. The molecule has 3 aromatic rings. The molecule has 1 aromatic carbocycles. The van der Waals surface area contributed by atoms with Crippen LogP contribution in [0.2, 0.25) is 0 Å². The van der Waals surface area contributed by atoms with Crippen LogP contribution in [0.5, 0.6) is 5.75 Å². The zero-order chi connectivity index (χ0) is 24.5. The average Bonchev–Trinajstić information content (AvgIpc) is 3.21. The first-order valence-electron chi connectivity index (χ1n) is 11.1. The molecule has 2 heterocycles. The summed E-state index contributed by atoms with van der Waals surface area (Å²) in [6.07, 6.45) is 1.35. The fourth-order valence-corrected chi connectivity index (χ4v) is 4.12. The maximum Gasteiger partial charge on any atom is 0.433 e. The van der Waals surface area contributed by atoms with Gasteiger partial charge in [0.1, 0.15) is 23.4 Å². The van der Waals surface area contributed by atoms with E-state index in [1.165, 1.54) is 6.07 Å². The molecule has 0 spiro atoms. The van der Waals surface area contributed by atoms with E-state index in [4.69, 9.17) is 4.74 Å². The molecule has 1 aliphatic rings. The molecule has 1 saturated carbocycles. The summed E-state index contributed by atoms with van der Waals surface area (Å²) in [6, 6.07) is 6.75. The van der Waals surface area contributed by atoms with Crippen LogP contribution < -0.4 is 10.1 Å². The zero-order valence-corrected chi connectivity index (χ0v) is 18.8. The molecule has 1 N–H and O–H groups in total. The van der Waals surface area contributed by atoms with Crippen molar-refractivity contribution in [1.29, 1.82) is 0 Å². The first-order chi connectivity index (χ1) is 16.1. The second-order valence-corrected chi connectivity index (χ2v) is 8.75. The third-order valence-corrected chi connectivity index (χ3v) is 5.81. The van der Waals surface area contributed by atoms with Crippen LogP contribution in [0.25, 0.3) is 10.9 Å². The number of benzene rings is 1. The molecule has 2 aromatic heterocycles. The lowest BCUT2D eigenvalue weighted by atomic mass is 9.87. The van der Waals surface area contributed by atoms with Crippen LogP contribution in [0.15, 0.2) is 36.5 Å². The van der Waals surface area contributed by atoms with Gasteiger partial charge in [0, 0.05) is 23.6 Å². The smallest absolute Gasteiger partial charge is 0.433 e. The van der Waals surface area contributed by atoms with Crippen molar-refractivity contribution in [3.63, 3.8) is 0 Å². The van der Waals surface area contributed by atoms with E-state index >= 15 is 0 Å². The Morgan fingerprint density at radius 3 is 2.59 bits per heavy atom. The minimum Gasteiger partial charge on any atom is -0.489 e. The molecule has 0 radical (unpaired) electrons. The normalized spacial score (nSPS) is 18.8. The van der Waals surface area contributed by atoms with E-state index in [0.29, 0.717) is 17.0 Å². The van der Waals surface area contributed by atoms with Gasteiger partial charge in [0.15, 0.2) is 0 Å². The van der Waals surface area contributed by atoms with Gasteiger partial charge in [-0.1, -0.05) is 6.07 Å². The summed E-state index contributed by atoms with van der Waals surface area (Å²) < 4.78 is 46.7. The van der Waals surface area contributed by atoms with Crippen LogP contribution in [0.4, 0.5) is 18.9 Å². The second-order valence-electron chi connectivity index (χ2n) is 8.75. The number of carbonyl (C=O) groups is 2. The molecule has 1 aliphatic carbocycles. The van der Waals surface area contributed by atoms with E-state index in [-0.39, 0.29) is 23.8 Å². The molecule has 1 fully saturated rings. The van der Waals surface area contributed by atoms with E-state index in [1.807, 2.05) is 24.7 Å². The maximum absolute atomic E-state index is 13.0. The van der Waals surface area contributed by atoms with Crippen LogP contribution in [0.3, 0.4) is 0 Å². The van der Waals surface area contributed by atoms with E-state index in [1.54, 1.807) is 12.1 Å². The van der Waals surface area contributed by atoms with Crippen molar-refractivity contribution in [2.24, 2.45) is 5.92 Å². The van der Waals surface area contributed by atoms with Crippen molar-refractivity contribution >= 4 is 28.8 Å². The molecule has 0 aliphatic heterocycles. The number of nitrogens with zero attached hydrogens (tertiary/aromatic N) is 3. The minimum absolute atomic E-state index is 0.0959. The van der Waals surface area contributed by atoms with Crippen LogP contribution in [0.1, 0.15) is 61.8 Å². The van der Waals surface area contributed by atoms with Gasteiger partial charge in [-0.2, -0.15) is 18.3 Å². The van der Waals surface area contributed by atoms with E-state index in [2.05, 4.69) is 15.4 Å². The molecule has 4 rings (SSSR count). The number of carbonyl (C=O) groups excluding carboxylic acids is 2. The van der Waals surface area contributed by atoms with Crippen LogP contribution >= 0.6 is 0 Å². The van der Waals surface area contributed by atoms with Crippen LogP contribution in [-0.2, 0) is 11.0 Å². The Hall–Kier alpha value is -3.43. The van der Waals surface area contributed by atoms with Gasteiger partial charge in [0.25, 0.3) is 5.91 Å². The lowest BCUT2D eigenvalue weighted by Crippen LogP contribution is -2.19. The summed E-state index contributed by atoms with van der Waals surface area (Å²) >= 11 is 0. The lowest BCUT2D eigenvalue weighted by molar-refractivity contribution is -0.141.